The number of rotatable bonds is 5. The summed E-state index contributed by atoms with van der Waals surface area (Å²) in [5, 5.41) is 1.95. The second kappa shape index (κ2) is 6.81. The van der Waals surface area contributed by atoms with Gasteiger partial charge < -0.3 is 9.47 Å². The molecule has 4 heteroatoms. The third kappa shape index (κ3) is 3.08. The van der Waals surface area contributed by atoms with Crippen LogP contribution in [0.15, 0.2) is 54.6 Å². The van der Waals surface area contributed by atoms with Crippen LogP contribution in [-0.4, -0.2) is 20.0 Å². The summed E-state index contributed by atoms with van der Waals surface area (Å²) >= 11 is 0. The Hall–Kier alpha value is -2.04. The SMILES string of the molecule is CCO[C@H]1C[C@@H](c2ccc(OC)cc2)N(c2ccccc2)O1. The molecule has 0 bridgehead atoms. The van der Waals surface area contributed by atoms with Crippen molar-refractivity contribution in [2.45, 2.75) is 25.7 Å². The topological polar surface area (TPSA) is 30.9 Å². The van der Waals surface area contributed by atoms with Gasteiger partial charge in [0.05, 0.1) is 18.8 Å². The summed E-state index contributed by atoms with van der Waals surface area (Å²) in [6.45, 7) is 2.62. The number of hydroxylamine groups is 1. The minimum Gasteiger partial charge on any atom is -0.497 e. The van der Waals surface area contributed by atoms with E-state index in [1.165, 1.54) is 5.56 Å². The van der Waals surface area contributed by atoms with Crippen molar-refractivity contribution in [1.29, 1.82) is 0 Å². The van der Waals surface area contributed by atoms with E-state index in [4.69, 9.17) is 14.3 Å². The highest BCUT2D eigenvalue weighted by atomic mass is 16.8. The molecule has 0 aromatic heterocycles. The number of hydrogen-bond acceptors (Lipinski definition) is 4. The standard InChI is InChI=1S/C18H21NO3/c1-3-21-18-13-17(14-9-11-16(20-2)12-10-14)19(22-18)15-7-5-4-6-8-15/h4-12,17-18H,3,13H2,1-2H3/t17-,18+/m0/s1. The van der Waals surface area contributed by atoms with E-state index < -0.39 is 0 Å². The lowest BCUT2D eigenvalue weighted by atomic mass is 10.0. The number of nitrogens with zero attached hydrogens (tertiary/aromatic N) is 1. The quantitative estimate of drug-likeness (QED) is 0.836. The van der Waals surface area contributed by atoms with E-state index in [0.29, 0.717) is 6.61 Å². The molecule has 0 amide bonds. The van der Waals surface area contributed by atoms with Crippen LogP contribution in [0.4, 0.5) is 5.69 Å². The zero-order chi connectivity index (χ0) is 15.4. The molecule has 22 heavy (non-hydrogen) atoms. The van der Waals surface area contributed by atoms with Crippen molar-refractivity contribution in [2.24, 2.45) is 0 Å². The average molecular weight is 299 g/mol. The molecule has 2 aromatic rings. The molecule has 4 nitrogen and oxygen atoms in total. The first-order valence-corrected chi connectivity index (χ1v) is 7.58. The molecule has 0 aliphatic carbocycles. The van der Waals surface area contributed by atoms with E-state index in [2.05, 4.69) is 12.1 Å². The van der Waals surface area contributed by atoms with Crippen LogP contribution in [0.25, 0.3) is 0 Å². The largest absolute Gasteiger partial charge is 0.497 e. The lowest BCUT2D eigenvalue weighted by Gasteiger charge is -2.24. The fourth-order valence-corrected chi connectivity index (χ4v) is 2.72. The summed E-state index contributed by atoms with van der Waals surface area (Å²) in [7, 11) is 1.68. The van der Waals surface area contributed by atoms with Gasteiger partial charge in [-0.25, -0.2) is 9.90 Å². The summed E-state index contributed by atoms with van der Waals surface area (Å²) in [5.41, 5.74) is 2.22. The molecule has 0 spiro atoms. The number of para-hydroxylation sites is 1. The Bertz CT molecular complexity index is 585. The molecular formula is C18H21NO3. The monoisotopic (exact) mass is 299 g/mol. The minimum absolute atomic E-state index is 0.129. The maximum atomic E-state index is 5.99. The Kier molecular flexibility index (Phi) is 4.61. The van der Waals surface area contributed by atoms with E-state index in [9.17, 15) is 0 Å². The molecule has 116 valence electrons. The van der Waals surface area contributed by atoms with E-state index in [0.717, 1.165) is 17.9 Å². The molecule has 0 radical (unpaired) electrons. The molecule has 0 unspecified atom stereocenters. The van der Waals surface area contributed by atoms with Crippen LogP contribution in [0.3, 0.4) is 0 Å². The minimum atomic E-state index is -0.211. The number of ether oxygens (including phenoxy) is 2. The number of methoxy groups -OCH3 is 1. The van der Waals surface area contributed by atoms with Gasteiger partial charge >= 0.3 is 0 Å². The van der Waals surface area contributed by atoms with Crippen LogP contribution in [0.1, 0.15) is 24.9 Å². The second-order valence-electron chi connectivity index (χ2n) is 5.18. The fourth-order valence-electron chi connectivity index (χ4n) is 2.72. The number of anilines is 1. The maximum absolute atomic E-state index is 5.99. The Balaban J connectivity index is 1.87. The molecule has 1 heterocycles. The fraction of sp³-hybridized carbons (Fsp3) is 0.333. The van der Waals surface area contributed by atoms with Crippen LogP contribution in [0, 0.1) is 0 Å². The Morgan fingerprint density at radius 1 is 1.09 bits per heavy atom. The van der Waals surface area contributed by atoms with Gasteiger partial charge in [0.25, 0.3) is 0 Å². The van der Waals surface area contributed by atoms with Crippen LogP contribution >= 0.6 is 0 Å². The lowest BCUT2D eigenvalue weighted by molar-refractivity contribution is -0.115. The third-order valence-electron chi connectivity index (χ3n) is 3.79. The highest BCUT2D eigenvalue weighted by molar-refractivity contribution is 5.47. The molecule has 3 rings (SSSR count). The van der Waals surface area contributed by atoms with Crippen molar-refractivity contribution in [3.05, 3.63) is 60.2 Å². The summed E-state index contributed by atoms with van der Waals surface area (Å²) in [6, 6.07) is 18.4. The molecule has 2 atom stereocenters. The van der Waals surface area contributed by atoms with Crippen LogP contribution in [0.2, 0.25) is 0 Å². The Morgan fingerprint density at radius 3 is 2.45 bits per heavy atom. The predicted octanol–water partition coefficient (Wildman–Crippen LogP) is 3.94. The Labute approximate surface area is 131 Å². The van der Waals surface area contributed by atoms with E-state index in [1.54, 1.807) is 7.11 Å². The van der Waals surface area contributed by atoms with Crippen molar-refractivity contribution in [2.75, 3.05) is 18.8 Å². The van der Waals surface area contributed by atoms with Gasteiger partial charge in [0.1, 0.15) is 5.75 Å². The van der Waals surface area contributed by atoms with E-state index in [1.807, 2.05) is 54.5 Å². The molecule has 1 fully saturated rings. The molecular weight excluding hydrogens is 278 g/mol. The summed E-state index contributed by atoms with van der Waals surface area (Å²) in [5.74, 6) is 0.857. The molecule has 0 saturated carbocycles. The summed E-state index contributed by atoms with van der Waals surface area (Å²) in [4.78, 5) is 5.99. The average Bonchev–Trinajstić information content (AvgIpc) is 3.00. The lowest BCUT2D eigenvalue weighted by Crippen LogP contribution is -2.22. The van der Waals surface area contributed by atoms with Gasteiger partial charge in [-0.15, -0.1) is 0 Å². The van der Waals surface area contributed by atoms with Crippen LogP contribution in [0.5, 0.6) is 5.75 Å². The second-order valence-corrected chi connectivity index (χ2v) is 5.18. The van der Waals surface area contributed by atoms with Crippen molar-refractivity contribution in [3.8, 4) is 5.75 Å². The van der Waals surface area contributed by atoms with Crippen LogP contribution < -0.4 is 9.80 Å². The maximum Gasteiger partial charge on any atom is 0.186 e. The summed E-state index contributed by atoms with van der Waals surface area (Å²) < 4.78 is 10.9. The van der Waals surface area contributed by atoms with Crippen molar-refractivity contribution in [1.82, 2.24) is 0 Å². The zero-order valence-corrected chi connectivity index (χ0v) is 12.9. The molecule has 1 aliphatic heterocycles. The van der Waals surface area contributed by atoms with Gasteiger partial charge in [0.2, 0.25) is 0 Å². The number of benzene rings is 2. The highest BCUT2D eigenvalue weighted by Crippen LogP contribution is 2.38. The van der Waals surface area contributed by atoms with Gasteiger partial charge in [-0.3, -0.25) is 0 Å². The first-order chi connectivity index (χ1) is 10.8. The number of hydrogen-bond donors (Lipinski definition) is 0. The predicted molar refractivity (Wildman–Crippen MR) is 85.8 cm³/mol. The molecule has 1 saturated heterocycles. The first kappa shape index (κ1) is 14.9. The van der Waals surface area contributed by atoms with Gasteiger partial charge in [0.15, 0.2) is 6.29 Å². The highest BCUT2D eigenvalue weighted by Gasteiger charge is 2.35. The Morgan fingerprint density at radius 2 is 1.82 bits per heavy atom. The van der Waals surface area contributed by atoms with E-state index in [-0.39, 0.29) is 12.3 Å². The first-order valence-electron chi connectivity index (χ1n) is 7.58. The smallest absolute Gasteiger partial charge is 0.186 e. The molecule has 1 aliphatic rings. The van der Waals surface area contributed by atoms with Gasteiger partial charge in [-0.05, 0) is 36.8 Å². The van der Waals surface area contributed by atoms with E-state index >= 15 is 0 Å². The van der Waals surface area contributed by atoms with Crippen LogP contribution in [-0.2, 0) is 9.57 Å². The van der Waals surface area contributed by atoms with Gasteiger partial charge in [0, 0.05) is 13.0 Å². The van der Waals surface area contributed by atoms with Gasteiger partial charge in [-0.1, -0.05) is 30.3 Å². The zero-order valence-electron chi connectivity index (χ0n) is 12.9. The molecule has 2 aromatic carbocycles. The van der Waals surface area contributed by atoms with Crippen molar-refractivity contribution in [3.63, 3.8) is 0 Å². The normalized spacial score (nSPS) is 21.1. The summed E-state index contributed by atoms with van der Waals surface area (Å²) in [6.07, 6.45) is 0.590. The third-order valence-corrected chi connectivity index (χ3v) is 3.79. The van der Waals surface area contributed by atoms with Crippen molar-refractivity contribution < 1.29 is 14.3 Å². The van der Waals surface area contributed by atoms with Crippen molar-refractivity contribution >= 4 is 5.69 Å². The molecule has 0 N–H and O–H groups in total. The van der Waals surface area contributed by atoms with Gasteiger partial charge in [-0.2, -0.15) is 0 Å².